The van der Waals surface area contributed by atoms with Crippen LogP contribution in [0.2, 0.25) is 0 Å². The van der Waals surface area contributed by atoms with Gasteiger partial charge in [-0.25, -0.2) is 0 Å². The Balaban J connectivity index is 1.99. The van der Waals surface area contributed by atoms with Crippen molar-refractivity contribution in [3.8, 4) is 0 Å². The van der Waals surface area contributed by atoms with Crippen LogP contribution in [0.25, 0.3) is 0 Å². The Bertz CT molecular complexity index is 389. The summed E-state index contributed by atoms with van der Waals surface area (Å²) in [5.41, 5.74) is 0. The van der Waals surface area contributed by atoms with E-state index in [1.54, 1.807) is 0 Å². The molecule has 1 amide bonds. The molecule has 1 saturated heterocycles. The maximum atomic E-state index is 11.5. The van der Waals surface area contributed by atoms with Gasteiger partial charge in [-0.15, -0.1) is 0 Å². The highest BCUT2D eigenvalue weighted by atomic mass is 16.5. The largest absolute Gasteiger partial charge is 0.481 e. The number of rotatable bonds is 3. The molecule has 0 spiro atoms. The van der Waals surface area contributed by atoms with Gasteiger partial charge < -0.3 is 19.7 Å². The van der Waals surface area contributed by atoms with Gasteiger partial charge in [0.1, 0.15) is 5.92 Å². The quantitative estimate of drug-likeness (QED) is 0.720. The number of hydrogen-bond acceptors (Lipinski definition) is 5. The van der Waals surface area contributed by atoms with Crippen molar-refractivity contribution < 1.29 is 24.0 Å². The number of nitrogens with zero attached hydrogens (tertiary/aromatic N) is 1. The van der Waals surface area contributed by atoms with Crippen LogP contribution in [0.3, 0.4) is 0 Å². The van der Waals surface area contributed by atoms with E-state index in [4.69, 9.17) is 9.84 Å². The molecule has 0 saturated carbocycles. The molecular weight excluding hydrogens is 216 g/mol. The molecule has 1 aliphatic rings. The Morgan fingerprint density at radius 1 is 1.50 bits per heavy atom. The van der Waals surface area contributed by atoms with Crippen molar-refractivity contribution in [2.75, 3.05) is 13.2 Å². The molecule has 0 radical (unpaired) electrons. The first-order chi connectivity index (χ1) is 7.68. The van der Waals surface area contributed by atoms with Crippen LogP contribution in [0.15, 0.2) is 16.8 Å². The fraction of sp³-hybridized carbons (Fsp3) is 0.444. The fourth-order valence-electron chi connectivity index (χ4n) is 1.51. The third kappa shape index (κ3) is 2.03. The molecule has 86 valence electrons. The lowest BCUT2D eigenvalue weighted by atomic mass is 10.0. The van der Waals surface area contributed by atoms with Gasteiger partial charge in [-0.3, -0.25) is 9.59 Å². The summed E-state index contributed by atoms with van der Waals surface area (Å²) in [6, 6.07) is 0.871. The van der Waals surface area contributed by atoms with Crippen molar-refractivity contribution in [2.24, 2.45) is 5.92 Å². The van der Waals surface area contributed by atoms with E-state index in [0.29, 0.717) is 0 Å². The summed E-state index contributed by atoms with van der Waals surface area (Å²) in [5.74, 6) is -2.14. The lowest BCUT2D eigenvalue weighted by molar-refractivity contribution is -0.142. The number of aromatic nitrogens is 1. The predicted molar refractivity (Wildman–Crippen MR) is 49.7 cm³/mol. The Labute approximate surface area is 90.4 Å². The van der Waals surface area contributed by atoms with Crippen LogP contribution in [-0.4, -0.2) is 41.4 Å². The van der Waals surface area contributed by atoms with E-state index in [1.165, 1.54) is 12.3 Å². The summed E-state index contributed by atoms with van der Waals surface area (Å²) in [4.78, 5) is 22.3. The zero-order valence-electron chi connectivity index (χ0n) is 8.25. The van der Waals surface area contributed by atoms with Crippen molar-refractivity contribution in [3.05, 3.63) is 18.0 Å². The summed E-state index contributed by atoms with van der Waals surface area (Å²) in [6.07, 6.45) is 1.34. The van der Waals surface area contributed by atoms with Crippen molar-refractivity contribution in [1.29, 1.82) is 0 Å². The molecule has 2 N–H and O–H groups in total. The average molecular weight is 226 g/mol. The van der Waals surface area contributed by atoms with Crippen molar-refractivity contribution >= 4 is 11.9 Å². The second-order valence-corrected chi connectivity index (χ2v) is 3.44. The van der Waals surface area contributed by atoms with Gasteiger partial charge in [0.15, 0.2) is 0 Å². The average Bonchev–Trinajstić information content (AvgIpc) is 2.86. The van der Waals surface area contributed by atoms with E-state index < -0.39 is 23.8 Å². The smallest absolute Gasteiger partial charge is 0.311 e. The Kier molecular flexibility index (Phi) is 2.86. The molecule has 1 aliphatic heterocycles. The predicted octanol–water partition coefficient (Wildman–Crippen LogP) is -0.496. The monoisotopic (exact) mass is 226 g/mol. The van der Waals surface area contributed by atoms with Gasteiger partial charge in [-0.05, 0) is 0 Å². The van der Waals surface area contributed by atoms with Crippen LogP contribution in [0.1, 0.15) is 10.6 Å². The number of carbonyl (C=O) groups excluding carboxylic acids is 1. The highest BCUT2D eigenvalue weighted by molar-refractivity contribution is 5.91. The van der Waals surface area contributed by atoms with Gasteiger partial charge in [0.25, 0.3) is 5.91 Å². The van der Waals surface area contributed by atoms with Crippen molar-refractivity contribution in [1.82, 2.24) is 10.5 Å². The van der Waals surface area contributed by atoms with E-state index in [9.17, 15) is 9.59 Å². The van der Waals surface area contributed by atoms with Crippen LogP contribution in [-0.2, 0) is 9.53 Å². The van der Waals surface area contributed by atoms with E-state index in [-0.39, 0.29) is 19.0 Å². The molecule has 7 nitrogen and oxygen atoms in total. The topological polar surface area (TPSA) is 102 Å². The minimum atomic E-state index is -0.986. The first-order valence-electron chi connectivity index (χ1n) is 4.70. The molecule has 0 aromatic carbocycles. The first-order valence-corrected chi connectivity index (χ1v) is 4.70. The highest BCUT2D eigenvalue weighted by Crippen LogP contribution is 2.14. The molecular formula is C9H10N2O5. The number of ether oxygens (including phenoxy) is 1. The molecule has 1 fully saturated rings. The zero-order valence-corrected chi connectivity index (χ0v) is 8.25. The lowest BCUT2D eigenvalue weighted by Crippen LogP contribution is -2.42. The van der Waals surface area contributed by atoms with Gasteiger partial charge >= 0.3 is 5.97 Å². The van der Waals surface area contributed by atoms with Crippen molar-refractivity contribution in [2.45, 2.75) is 6.04 Å². The lowest BCUT2D eigenvalue weighted by Gasteiger charge is -2.14. The molecule has 7 heteroatoms. The second-order valence-electron chi connectivity index (χ2n) is 3.44. The Hall–Kier alpha value is -1.89. The number of aliphatic carboxylic acids is 1. The molecule has 2 rings (SSSR count). The first kappa shape index (κ1) is 10.6. The summed E-state index contributed by atoms with van der Waals surface area (Å²) < 4.78 is 9.66. The number of amides is 1. The molecule has 0 aliphatic carbocycles. The fourth-order valence-corrected chi connectivity index (χ4v) is 1.51. The van der Waals surface area contributed by atoms with Gasteiger partial charge in [0, 0.05) is 6.07 Å². The normalized spacial score (nSPS) is 24.2. The molecule has 2 unspecified atom stereocenters. The van der Waals surface area contributed by atoms with Gasteiger partial charge in [-0.2, -0.15) is 0 Å². The minimum Gasteiger partial charge on any atom is -0.481 e. The second kappa shape index (κ2) is 4.31. The van der Waals surface area contributed by atoms with Crippen LogP contribution >= 0.6 is 0 Å². The third-order valence-electron chi connectivity index (χ3n) is 2.38. The Morgan fingerprint density at radius 2 is 2.31 bits per heavy atom. The highest BCUT2D eigenvalue weighted by Gasteiger charge is 2.35. The molecule has 1 aromatic heterocycles. The van der Waals surface area contributed by atoms with E-state index >= 15 is 0 Å². The number of carbonyl (C=O) groups is 2. The summed E-state index contributed by atoms with van der Waals surface area (Å²) in [7, 11) is 0. The van der Waals surface area contributed by atoms with Crippen LogP contribution in [0.4, 0.5) is 0 Å². The molecule has 0 bridgehead atoms. The molecule has 16 heavy (non-hydrogen) atoms. The van der Waals surface area contributed by atoms with Crippen molar-refractivity contribution in [3.63, 3.8) is 0 Å². The van der Waals surface area contributed by atoms with E-state index in [1.807, 2.05) is 0 Å². The molecule has 2 atom stereocenters. The standard InChI is InChI=1S/C9H10N2O5/c12-8(7-1-2-10-16-7)11-6-4-15-3-5(6)9(13)14/h1-2,5-6H,3-4H2,(H,11,12)(H,13,14). The van der Waals surface area contributed by atoms with Gasteiger partial charge in [-0.1, -0.05) is 5.16 Å². The number of nitrogens with one attached hydrogen (secondary N) is 1. The van der Waals surface area contributed by atoms with Gasteiger partial charge in [0.2, 0.25) is 5.76 Å². The maximum absolute atomic E-state index is 11.5. The number of carboxylic acids is 1. The van der Waals surface area contributed by atoms with Crippen LogP contribution < -0.4 is 5.32 Å². The number of hydrogen-bond donors (Lipinski definition) is 2. The summed E-state index contributed by atoms with van der Waals surface area (Å²) >= 11 is 0. The number of carboxylic acid groups (broad SMARTS) is 1. The summed E-state index contributed by atoms with van der Waals surface area (Å²) in [6.45, 7) is 0.299. The minimum absolute atomic E-state index is 0.0519. The van der Waals surface area contributed by atoms with E-state index in [0.717, 1.165) is 0 Å². The SMILES string of the molecule is O=C(NC1COCC1C(=O)O)c1ccno1. The van der Waals surface area contributed by atoms with Crippen LogP contribution in [0.5, 0.6) is 0 Å². The van der Waals surface area contributed by atoms with E-state index in [2.05, 4.69) is 15.0 Å². The maximum Gasteiger partial charge on any atom is 0.311 e. The Morgan fingerprint density at radius 3 is 2.94 bits per heavy atom. The molecule has 2 heterocycles. The van der Waals surface area contributed by atoms with Gasteiger partial charge in [0.05, 0.1) is 25.5 Å². The molecule has 1 aromatic rings. The van der Waals surface area contributed by atoms with Crippen LogP contribution in [0, 0.1) is 5.92 Å². The zero-order chi connectivity index (χ0) is 11.5. The summed E-state index contributed by atoms with van der Waals surface area (Å²) in [5, 5.41) is 14.8. The third-order valence-corrected chi connectivity index (χ3v) is 2.38.